The van der Waals surface area contributed by atoms with Crippen molar-refractivity contribution in [2.75, 3.05) is 11.1 Å². The Hall–Kier alpha value is -2.31. The summed E-state index contributed by atoms with van der Waals surface area (Å²) in [5, 5.41) is 13.4. The number of benzene rings is 2. The molecule has 0 fully saturated rings. The molecule has 0 atom stereocenters. The van der Waals surface area contributed by atoms with Crippen molar-refractivity contribution in [1.29, 1.82) is 0 Å². The van der Waals surface area contributed by atoms with Crippen LogP contribution in [0.15, 0.2) is 36.4 Å². The summed E-state index contributed by atoms with van der Waals surface area (Å²) in [6.45, 7) is 0. The van der Waals surface area contributed by atoms with Crippen LogP contribution in [0.5, 0.6) is 0 Å². The first-order chi connectivity index (χ1) is 10.0. The number of nitrogens with two attached hydrogens (primary N) is 1. The molecule has 0 aliphatic heterocycles. The molecule has 0 unspecified atom stereocenters. The second-order valence-electron chi connectivity index (χ2n) is 4.33. The van der Waals surface area contributed by atoms with E-state index in [4.69, 9.17) is 22.4 Å². The Bertz CT molecular complexity index is 847. The van der Waals surface area contributed by atoms with Gasteiger partial charge in [0.2, 0.25) is 0 Å². The number of carbonyl (C=O) groups is 1. The standard InChI is InChI=1S/C14H10ClN3O2S/c15-7-4-5-9-11(6-7)21-14(17-9)18-10-3-1-2-8(12(10)16)13(19)20/h1-6H,16H2,(H,17,18)(H,19,20). The van der Waals surface area contributed by atoms with Crippen molar-refractivity contribution < 1.29 is 9.90 Å². The number of rotatable bonds is 3. The smallest absolute Gasteiger partial charge is 0.337 e. The van der Waals surface area contributed by atoms with Gasteiger partial charge in [0.25, 0.3) is 0 Å². The normalized spacial score (nSPS) is 10.7. The average Bonchev–Trinajstić information content (AvgIpc) is 2.82. The zero-order valence-corrected chi connectivity index (χ0v) is 12.2. The van der Waals surface area contributed by atoms with Crippen molar-refractivity contribution >= 4 is 55.6 Å². The molecule has 0 aliphatic rings. The van der Waals surface area contributed by atoms with E-state index in [0.717, 1.165) is 10.2 Å². The zero-order chi connectivity index (χ0) is 15.0. The van der Waals surface area contributed by atoms with Gasteiger partial charge in [-0.1, -0.05) is 29.0 Å². The lowest BCUT2D eigenvalue weighted by Crippen LogP contribution is -2.05. The molecule has 3 aromatic rings. The highest BCUT2D eigenvalue weighted by Gasteiger charge is 2.12. The molecule has 0 saturated carbocycles. The number of aromatic carboxylic acids is 1. The van der Waals surface area contributed by atoms with Crippen LogP contribution in [-0.4, -0.2) is 16.1 Å². The van der Waals surface area contributed by atoms with Crippen LogP contribution < -0.4 is 11.1 Å². The van der Waals surface area contributed by atoms with Crippen LogP contribution in [-0.2, 0) is 0 Å². The summed E-state index contributed by atoms with van der Waals surface area (Å²) in [7, 11) is 0. The van der Waals surface area contributed by atoms with Gasteiger partial charge < -0.3 is 16.2 Å². The Morgan fingerprint density at radius 1 is 1.33 bits per heavy atom. The summed E-state index contributed by atoms with van der Waals surface area (Å²) in [5.74, 6) is -1.06. The minimum absolute atomic E-state index is 0.0594. The summed E-state index contributed by atoms with van der Waals surface area (Å²) in [6.07, 6.45) is 0. The quantitative estimate of drug-likeness (QED) is 0.636. The van der Waals surface area contributed by atoms with Gasteiger partial charge in [0.1, 0.15) is 0 Å². The first-order valence-electron chi connectivity index (χ1n) is 5.99. The number of nitrogens with zero attached hydrogens (tertiary/aromatic N) is 1. The van der Waals surface area contributed by atoms with Crippen LogP contribution >= 0.6 is 22.9 Å². The van der Waals surface area contributed by atoms with Gasteiger partial charge in [-0.15, -0.1) is 0 Å². The van der Waals surface area contributed by atoms with Crippen LogP contribution in [0.2, 0.25) is 5.02 Å². The van der Waals surface area contributed by atoms with E-state index < -0.39 is 5.97 Å². The second-order valence-corrected chi connectivity index (χ2v) is 5.80. The van der Waals surface area contributed by atoms with Gasteiger partial charge in [-0.3, -0.25) is 0 Å². The molecule has 0 amide bonds. The highest BCUT2D eigenvalue weighted by atomic mass is 35.5. The summed E-state index contributed by atoms with van der Waals surface area (Å²) in [5.41, 5.74) is 7.44. The summed E-state index contributed by atoms with van der Waals surface area (Å²) in [6, 6.07) is 10.2. The van der Waals surface area contributed by atoms with E-state index in [1.54, 1.807) is 18.2 Å². The van der Waals surface area contributed by atoms with Gasteiger partial charge in [-0.25, -0.2) is 9.78 Å². The van der Waals surface area contributed by atoms with Gasteiger partial charge >= 0.3 is 5.97 Å². The molecule has 1 heterocycles. The van der Waals surface area contributed by atoms with Gasteiger partial charge in [-0.05, 0) is 30.3 Å². The highest BCUT2D eigenvalue weighted by molar-refractivity contribution is 7.22. The number of carboxylic acid groups (broad SMARTS) is 1. The number of carboxylic acids is 1. The fourth-order valence-electron chi connectivity index (χ4n) is 1.93. The number of nitrogen functional groups attached to an aromatic ring is 1. The lowest BCUT2D eigenvalue weighted by Gasteiger charge is -2.08. The minimum atomic E-state index is -1.06. The van der Waals surface area contributed by atoms with Crippen LogP contribution in [0.25, 0.3) is 10.2 Å². The molecule has 0 radical (unpaired) electrons. The van der Waals surface area contributed by atoms with E-state index in [1.165, 1.54) is 17.4 Å². The van der Waals surface area contributed by atoms with Crippen LogP contribution in [0.4, 0.5) is 16.5 Å². The van der Waals surface area contributed by atoms with E-state index in [9.17, 15) is 4.79 Å². The number of anilines is 3. The molecule has 1 aromatic heterocycles. The highest BCUT2D eigenvalue weighted by Crippen LogP contribution is 2.32. The Kier molecular flexibility index (Phi) is 3.40. The van der Waals surface area contributed by atoms with Gasteiger partial charge in [0, 0.05) is 5.02 Å². The maximum absolute atomic E-state index is 11.1. The van der Waals surface area contributed by atoms with Crippen molar-refractivity contribution in [2.45, 2.75) is 0 Å². The molecule has 0 bridgehead atoms. The van der Waals surface area contributed by atoms with Crippen LogP contribution in [0, 0.1) is 0 Å². The number of fused-ring (bicyclic) bond motifs is 1. The van der Waals surface area contributed by atoms with Gasteiger partial charge in [0.05, 0.1) is 27.2 Å². The van der Waals surface area contributed by atoms with Crippen molar-refractivity contribution in [3.63, 3.8) is 0 Å². The summed E-state index contributed by atoms with van der Waals surface area (Å²) >= 11 is 7.36. The van der Waals surface area contributed by atoms with E-state index in [0.29, 0.717) is 15.8 Å². The van der Waals surface area contributed by atoms with E-state index in [1.807, 2.05) is 12.1 Å². The fraction of sp³-hybridized carbons (Fsp3) is 0. The third-order valence-corrected chi connectivity index (χ3v) is 4.10. The molecule has 4 N–H and O–H groups in total. The molecule has 3 rings (SSSR count). The third kappa shape index (κ3) is 2.63. The van der Waals surface area contributed by atoms with Gasteiger partial charge in [0.15, 0.2) is 5.13 Å². The Labute approximate surface area is 129 Å². The topological polar surface area (TPSA) is 88.2 Å². The molecule has 0 aliphatic carbocycles. The molecule has 0 saturated heterocycles. The summed E-state index contributed by atoms with van der Waals surface area (Å²) < 4.78 is 0.943. The first-order valence-corrected chi connectivity index (χ1v) is 7.19. The SMILES string of the molecule is Nc1c(Nc2nc3ccc(Cl)cc3s2)cccc1C(=O)O. The van der Waals surface area contributed by atoms with E-state index in [-0.39, 0.29) is 11.3 Å². The van der Waals surface area contributed by atoms with Crippen molar-refractivity contribution in [2.24, 2.45) is 0 Å². The minimum Gasteiger partial charge on any atom is -0.478 e. The van der Waals surface area contributed by atoms with Gasteiger partial charge in [-0.2, -0.15) is 0 Å². The third-order valence-electron chi connectivity index (χ3n) is 2.93. The Morgan fingerprint density at radius 2 is 2.14 bits per heavy atom. The number of thiazole rings is 1. The van der Waals surface area contributed by atoms with E-state index in [2.05, 4.69) is 10.3 Å². The first kappa shape index (κ1) is 13.7. The molecular weight excluding hydrogens is 310 g/mol. The Balaban J connectivity index is 1.98. The lowest BCUT2D eigenvalue weighted by molar-refractivity contribution is 0.0698. The zero-order valence-electron chi connectivity index (χ0n) is 10.6. The monoisotopic (exact) mass is 319 g/mol. The second kappa shape index (κ2) is 5.23. The average molecular weight is 320 g/mol. The van der Waals surface area contributed by atoms with Crippen molar-refractivity contribution in [1.82, 2.24) is 4.98 Å². The predicted molar refractivity (Wildman–Crippen MR) is 85.7 cm³/mol. The maximum Gasteiger partial charge on any atom is 0.337 e. The molecule has 5 nitrogen and oxygen atoms in total. The number of aromatic nitrogens is 1. The molecule has 0 spiro atoms. The maximum atomic E-state index is 11.1. The van der Waals surface area contributed by atoms with E-state index >= 15 is 0 Å². The van der Waals surface area contributed by atoms with Crippen molar-refractivity contribution in [3.05, 3.63) is 47.0 Å². The van der Waals surface area contributed by atoms with Crippen LogP contribution in [0.1, 0.15) is 10.4 Å². The van der Waals surface area contributed by atoms with Crippen molar-refractivity contribution in [3.8, 4) is 0 Å². The molecule has 21 heavy (non-hydrogen) atoms. The lowest BCUT2D eigenvalue weighted by atomic mass is 10.1. The molecule has 106 valence electrons. The molecule has 7 heteroatoms. The number of nitrogens with one attached hydrogen (secondary N) is 1. The number of para-hydroxylation sites is 1. The molecular formula is C14H10ClN3O2S. The Morgan fingerprint density at radius 3 is 2.90 bits per heavy atom. The number of halogens is 1. The molecule has 2 aromatic carbocycles. The number of hydrogen-bond donors (Lipinski definition) is 3. The predicted octanol–water partition coefficient (Wildman–Crippen LogP) is 3.97. The number of hydrogen-bond acceptors (Lipinski definition) is 5. The van der Waals surface area contributed by atoms with Crippen LogP contribution in [0.3, 0.4) is 0 Å². The summed E-state index contributed by atoms with van der Waals surface area (Å²) in [4.78, 5) is 15.5. The largest absolute Gasteiger partial charge is 0.478 e. The fourth-order valence-corrected chi connectivity index (χ4v) is 3.08.